The molecule has 0 aromatic heterocycles. The molecule has 0 atom stereocenters. The number of urea groups is 1. The van der Waals surface area contributed by atoms with Crippen molar-refractivity contribution >= 4 is 12.0 Å². The minimum Gasteiger partial charge on any atom is -0.465 e. The maximum Gasteiger partial charge on any atom is 0.325 e. The van der Waals surface area contributed by atoms with Gasteiger partial charge in [-0.15, -0.1) is 0 Å². The van der Waals surface area contributed by atoms with Crippen LogP contribution < -0.4 is 5.32 Å². The average molecular weight is 284 g/mol. The van der Waals surface area contributed by atoms with Crippen LogP contribution in [0.3, 0.4) is 0 Å². The van der Waals surface area contributed by atoms with E-state index in [0.717, 1.165) is 25.8 Å². The molecule has 0 aromatic rings. The Balaban J connectivity index is 2.48. The SMILES string of the molecule is CCOC(=O)CNC(=O)N(CCC(C)C)C1CCCC1. The normalized spacial score (nSPS) is 15.4. The third-order valence-corrected chi connectivity index (χ3v) is 3.66. The number of ether oxygens (including phenoxy) is 1. The van der Waals surface area contributed by atoms with Gasteiger partial charge in [0.25, 0.3) is 0 Å². The second kappa shape index (κ2) is 8.82. The van der Waals surface area contributed by atoms with Gasteiger partial charge in [0.2, 0.25) is 0 Å². The molecule has 0 aliphatic heterocycles. The summed E-state index contributed by atoms with van der Waals surface area (Å²) < 4.78 is 4.82. The monoisotopic (exact) mass is 284 g/mol. The van der Waals surface area contributed by atoms with E-state index in [1.807, 2.05) is 4.90 Å². The van der Waals surface area contributed by atoms with E-state index >= 15 is 0 Å². The maximum atomic E-state index is 12.3. The third kappa shape index (κ3) is 5.80. The van der Waals surface area contributed by atoms with Crippen molar-refractivity contribution in [1.82, 2.24) is 10.2 Å². The number of esters is 1. The fraction of sp³-hybridized carbons (Fsp3) is 0.867. The predicted octanol–water partition coefficient (Wildman–Crippen LogP) is 2.55. The van der Waals surface area contributed by atoms with Crippen molar-refractivity contribution < 1.29 is 14.3 Å². The summed E-state index contributed by atoms with van der Waals surface area (Å²) in [6.45, 7) is 7.13. The lowest BCUT2D eigenvalue weighted by Crippen LogP contribution is -2.47. The molecule has 0 aromatic carbocycles. The number of carbonyl (C=O) groups is 2. The van der Waals surface area contributed by atoms with Crippen LogP contribution in [0.2, 0.25) is 0 Å². The lowest BCUT2D eigenvalue weighted by Gasteiger charge is -2.29. The zero-order chi connectivity index (χ0) is 15.0. The highest BCUT2D eigenvalue weighted by Crippen LogP contribution is 2.24. The van der Waals surface area contributed by atoms with Crippen molar-refractivity contribution in [1.29, 1.82) is 0 Å². The molecule has 1 N–H and O–H groups in total. The first-order valence-corrected chi connectivity index (χ1v) is 7.74. The van der Waals surface area contributed by atoms with Gasteiger partial charge in [-0.2, -0.15) is 0 Å². The highest BCUT2D eigenvalue weighted by Gasteiger charge is 2.26. The summed E-state index contributed by atoms with van der Waals surface area (Å²) in [6.07, 6.45) is 5.52. The van der Waals surface area contributed by atoms with E-state index in [4.69, 9.17) is 4.74 Å². The van der Waals surface area contributed by atoms with Crippen LogP contribution >= 0.6 is 0 Å². The van der Waals surface area contributed by atoms with E-state index in [0.29, 0.717) is 18.6 Å². The largest absolute Gasteiger partial charge is 0.465 e. The highest BCUT2D eigenvalue weighted by molar-refractivity contribution is 5.81. The molecule has 1 aliphatic carbocycles. The first kappa shape index (κ1) is 16.8. The van der Waals surface area contributed by atoms with Crippen LogP contribution in [0.15, 0.2) is 0 Å². The molecule has 1 saturated carbocycles. The zero-order valence-electron chi connectivity index (χ0n) is 13.0. The van der Waals surface area contributed by atoms with Crippen molar-refractivity contribution in [3.05, 3.63) is 0 Å². The van der Waals surface area contributed by atoms with E-state index in [1.165, 1.54) is 12.8 Å². The summed E-state index contributed by atoms with van der Waals surface area (Å²) >= 11 is 0. The molecule has 1 rings (SSSR count). The van der Waals surface area contributed by atoms with Crippen LogP contribution in [-0.4, -0.2) is 42.6 Å². The van der Waals surface area contributed by atoms with Crippen molar-refractivity contribution in [2.24, 2.45) is 5.92 Å². The summed E-state index contributed by atoms with van der Waals surface area (Å²) in [4.78, 5) is 25.5. The quantitative estimate of drug-likeness (QED) is 0.731. The number of hydrogen-bond donors (Lipinski definition) is 1. The van der Waals surface area contributed by atoms with Crippen LogP contribution in [0.1, 0.15) is 52.9 Å². The molecular weight excluding hydrogens is 256 g/mol. The van der Waals surface area contributed by atoms with Gasteiger partial charge in [-0.3, -0.25) is 4.79 Å². The van der Waals surface area contributed by atoms with Crippen molar-refractivity contribution in [2.45, 2.75) is 58.9 Å². The van der Waals surface area contributed by atoms with E-state index in [-0.39, 0.29) is 18.5 Å². The van der Waals surface area contributed by atoms with Gasteiger partial charge in [0, 0.05) is 12.6 Å². The molecule has 1 aliphatic rings. The fourth-order valence-electron chi connectivity index (χ4n) is 2.52. The Morgan fingerprint density at radius 1 is 1.30 bits per heavy atom. The van der Waals surface area contributed by atoms with Gasteiger partial charge in [-0.05, 0) is 32.1 Å². The Kier molecular flexibility index (Phi) is 7.41. The summed E-state index contributed by atoms with van der Waals surface area (Å²) in [7, 11) is 0. The number of carbonyl (C=O) groups excluding carboxylic acids is 2. The van der Waals surface area contributed by atoms with Crippen LogP contribution in [-0.2, 0) is 9.53 Å². The number of rotatable bonds is 7. The molecule has 5 nitrogen and oxygen atoms in total. The topological polar surface area (TPSA) is 58.6 Å². The molecule has 1 fully saturated rings. The average Bonchev–Trinajstić information content (AvgIpc) is 2.90. The summed E-state index contributed by atoms with van der Waals surface area (Å²) in [5, 5.41) is 2.68. The molecule has 0 heterocycles. The van der Waals surface area contributed by atoms with Gasteiger partial charge in [0.1, 0.15) is 6.54 Å². The van der Waals surface area contributed by atoms with Crippen LogP contribution in [0.25, 0.3) is 0 Å². The zero-order valence-corrected chi connectivity index (χ0v) is 13.0. The Labute approximate surface area is 122 Å². The van der Waals surface area contributed by atoms with Crippen molar-refractivity contribution in [2.75, 3.05) is 19.7 Å². The minimum absolute atomic E-state index is 0.0441. The first-order chi connectivity index (χ1) is 9.54. The summed E-state index contributed by atoms with van der Waals surface area (Å²) in [6, 6.07) is 0.196. The van der Waals surface area contributed by atoms with E-state index in [9.17, 15) is 9.59 Å². The van der Waals surface area contributed by atoms with Gasteiger partial charge in [0.15, 0.2) is 0 Å². The van der Waals surface area contributed by atoms with E-state index < -0.39 is 0 Å². The molecule has 5 heteroatoms. The molecule has 2 amide bonds. The third-order valence-electron chi connectivity index (χ3n) is 3.66. The van der Waals surface area contributed by atoms with Crippen LogP contribution in [0, 0.1) is 5.92 Å². The highest BCUT2D eigenvalue weighted by atomic mass is 16.5. The van der Waals surface area contributed by atoms with Gasteiger partial charge < -0.3 is 15.0 Å². The number of hydrogen-bond acceptors (Lipinski definition) is 3. The Bertz CT molecular complexity index is 312. The Morgan fingerprint density at radius 2 is 1.95 bits per heavy atom. The summed E-state index contributed by atoms with van der Waals surface area (Å²) in [5.41, 5.74) is 0. The number of amides is 2. The predicted molar refractivity (Wildman–Crippen MR) is 78.4 cm³/mol. The summed E-state index contributed by atoms with van der Waals surface area (Å²) in [5.74, 6) is 0.188. The van der Waals surface area contributed by atoms with Gasteiger partial charge in [0.05, 0.1) is 6.61 Å². The van der Waals surface area contributed by atoms with Gasteiger partial charge in [-0.25, -0.2) is 4.79 Å². The van der Waals surface area contributed by atoms with Crippen molar-refractivity contribution in [3.63, 3.8) is 0 Å². The van der Waals surface area contributed by atoms with Crippen molar-refractivity contribution in [3.8, 4) is 0 Å². The number of nitrogens with zero attached hydrogens (tertiary/aromatic N) is 1. The van der Waals surface area contributed by atoms with E-state index in [2.05, 4.69) is 19.2 Å². The second-order valence-electron chi connectivity index (χ2n) is 5.78. The smallest absolute Gasteiger partial charge is 0.325 e. The molecule has 0 bridgehead atoms. The van der Waals surface area contributed by atoms with Gasteiger partial charge in [-0.1, -0.05) is 26.7 Å². The molecule has 116 valence electrons. The fourth-order valence-corrected chi connectivity index (χ4v) is 2.52. The maximum absolute atomic E-state index is 12.3. The molecule has 0 saturated heterocycles. The van der Waals surface area contributed by atoms with E-state index in [1.54, 1.807) is 6.92 Å². The van der Waals surface area contributed by atoms with Crippen LogP contribution in [0.5, 0.6) is 0 Å². The number of nitrogens with one attached hydrogen (secondary N) is 1. The molecular formula is C15H28N2O3. The lowest BCUT2D eigenvalue weighted by atomic mass is 10.1. The van der Waals surface area contributed by atoms with Crippen LogP contribution in [0.4, 0.5) is 4.79 Å². The lowest BCUT2D eigenvalue weighted by molar-refractivity contribution is -0.141. The standard InChI is InChI=1S/C15H28N2O3/c1-4-20-14(18)11-16-15(19)17(10-9-12(2)3)13-7-5-6-8-13/h12-13H,4-11H2,1-3H3,(H,16,19). The van der Waals surface area contributed by atoms with Gasteiger partial charge >= 0.3 is 12.0 Å². The first-order valence-electron chi connectivity index (χ1n) is 7.74. The second-order valence-corrected chi connectivity index (χ2v) is 5.78. The Morgan fingerprint density at radius 3 is 2.50 bits per heavy atom. The molecule has 20 heavy (non-hydrogen) atoms. The molecule has 0 unspecified atom stereocenters. The molecule has 0 spiro atoms. The Hall–Kier alpha value is -1.26. The minimum atomic E-state index is -0.379. The molecule has 0 radical (unpaired) electrons.